The molecular formula is C21H23N5OS. The number of aryl methyl sites for hydroxylation is 2. The normalized spacial score (nSPS) is 15.0. The molecule has 1 aromatic carbocycles. The molecule has 6 nitrogen and oxygen atoms in total. The number of thioether (sulfide) groups is 1. The van der Waals surface area contributed by atoms with Gasteiger partial charge in [0.2, 0.25) is 5.91 Å². The van der Waals surface area contributed by atoms with Gasteiger partial charge in [0.1, 0.15) is 10.3 Å². The lowest BCUT2D eigenvalue weighted by Crippen LogP contribution is -2.31. The number of carbonyl (C=O) groups excluding carboxylic acids is 1. The van der Waals surface area contributed by atoms with Crippen molar-refractivity contribution in [2.75, 3.05) is 13.1 Å². The van der Waals surface area contributed by atoms with Crippen LogP contribution in [0.4, 0.5) is 0 Å². The minimum atomic E-state index is -0.312. The van der Waals surface area contributed by atoms with Gasteiger partial charge in [-0.25, -0.2) is 4.68 Å². The predicted octanol–water partition coefficient (Wildman–Crippen LogP) is 3.73. The molecule has 1 fully saturated rings. The van der Waals surface area contributed by atoms with Crippen LogP contribution >= 0.6 is 11.8 Å². The Hall–Kier alpha value is -2.67. The standard InChI is InChI=1S/C21H23N5OS/c1-15-14-16(2)26(24-15)18-10-11-19(23-22-18)28-20(17-8-4-3-5-9-17)21(27)25-12-6-7-13-25/h3-5,8-11,14,20H,6-7,12-13H2,1-2H3. The predicted molar refractivity (Wildman–Crippen MR) is 109 cm³/mol. The first kappa shape index (κ1) is 18.7. The van der Waals surface area contributed by atoms with Crippen LogP contribution in [-0.4, -0.2) is 43.9 Å². The Labute approximate surface area is 169 Å². The van der Waals surface area contributed by atoms with E-state index in [-0.39, 0.29) is 11.2 Å². The Kier molecular flexibility index (Phi) is 5.43. The maximum atomic E-state index is 13.1. The molecule has 0 bridgehead atoms. The van der Waals surface area contributed by atoms with Gasteiger partial charge in [-0.1, -0.05) is 42.1 Å². The number of amides is 1. The van der Waals surface area contributed by atoms with Gasteiger partial charge in [0, 0.05) is 18.8 Å². The van der Waals surface area contributed by atoms with Crippen LogP contribution in [0.1, 0.15) is 35.0 Å². The second kappa shape index (κ2) is 8.14. The monoisotopic (exact) mass is 393 g/mol. The van der Waals surface area contributed by atoms with Crippen molar-refractivity contribution in [2.24, 2.45) is 0 Å². The highest BCUT2D eigenvalue weighted by molar-refractivity contribution is 8.00. The molecule has 4 rings (SSSR count). The molecule has 1 aliphatic heterocycles. The number of benzene rings is 1. The molecule has 0 aliphatic carbocycles. The second-order valence-corrected chi connectivity index (χ2v) is 8.14. The highest BCUT2D eigenvalue weighted by Crippen LogP contribution is 2.36. The fourth-order valence-electron chi connectivity index (χ4n) is 3.46. The molecule has 0 saturated carbocycles. The third-order valence-corrected chi connectivity index (χ3v) is 6.00. The van der Waals surface area contributed by atoms with E-state index in [0.29, 0.717) is 5.82 Å². The Balaban J connectivity index is 1.58. The number of nitrogens with zero attached hydrogens (tertiary/aromatic N) is 5. The van der Waals surface area contributed by atoms with Crippen molar-refractivity contribution >= 4 is 17.7 Å². The van der Waals surface area contributed by atoms with Crippen molar-refractivity contribution in [1.29, 1.82) is 0 Å². The molecule has 144 valence electrons. The quantitative estimate of drug-likeness (QED) is 0.618. The van der Waals surface area contributed by atoms with E-state index in [0.717, 1.165) is 47.9 Å². The summed E-state index contributed by atoms with van der Waals surface area (Å²) in [5.41, 5.74) is 2.95. The summed E-state index contributed by atoms with van der Waals surface area (Å²) in [7, 11) is 0. The summed E-state index contributed by atoms with van der Waals surface area (Å²) >= 11 is 1.46. The van der Waals surface area contributed by atoms with Crippen LogP contribution in [0, 0.1) is 13.8 Å². The van der Waals surface area contributed by atoms with Crippen molar-refractivity contribution in [3.05, 3.63) is 65.5 Å². The van der Waals surface area contributed by atoms with E-state index in [1.165, 1.54) is 11.8 Å². The second-order valence-electron chi connectivity index (χ2n) is 7.01. The number of hydrogen-bond donors (Lipinski definition) is 0. The average molecular weight is 394 g/mol. The zero-order valence-electron chi connectivity index (χ0n) is 16.1. The summed E-state index contributed by atoms with van der Waals surface area (Å²) in [4.78, 5) is 15.1. The largest absolute Gasteiger partial charge is 0.341 e. The molecule has 1 saturated heterocycles. The maximum absolute atomic E-state index is 13.1. The molecule has 3 heterocycles. The van der Waals surface area contributed by atoms with E-state index in [2.05, 4.69) is 15.3 Å². The highest BCUT2D eigenvalue weighted by atomic mass is 32.2. The van der Waals surface area contributed by atoms with Gasteiger partial charge < -0.3 is 4.90 Å². The SMILES string of the molecule is Cc1cc(C)n(-c2ccc(SC(C(=O)N3CCCC3)c3ccccc3)nn2)n1. The zero-order valence-corrected chi connectivity index (χ0v) is 16.9. The van der Waals surface area contributed by atoms with Gasteiger partial charge in [-0.05, 0) is 50.5 Å². The average Bonchev–Trinajstić information content (AvgIpc) is 3.36. The minimum Gasteiger partial charge on any atom is -0.341 e. The van der Waals surface area contributed by atoms with Crippen LogP contribution in [0.3, 0.4) is 0 Å². The molecule has 3 aromatic rings. The molecule has 0 radical (unpaired) electrons. The Morgan fingerprint density at radius 1 is 1.04 bits per heavy atom. The van der Waals surface area contributed by atoms with Gasteiger partial charge in [-0.3, -0.25) is 4.79 Å². The number of likely N-dealkylation sites (tertiary alicyclic amines) is 1. The van der Waals surface area contributed by atoms with Crippen LogP contribution in [0.5, 0.6) is 0 Å². The van der Waals surface area contributed by atoms with Gasteiger partial charge >= 0.3 is 0 Å². The number of carbonyl (C=O) groups is 1. The summed E-state index contributed by atoms with van der Waals surface area (Å²) in [5.74, 6) is 0.829. The molecule has 0 spiro atoms. The fourth-order valence-corrected chi connectivity index (χ4v) is 4.48. The first-order valence-electron chi connectivity index (χ1n) is 9.49. The lowest BCUT2D eigenvalue weighted by atomic mass is 10.1. The maximum Gasteiger partial charge on any atom is 0.240 e. The van der Waals surface area contributed by atoms with Gasteiger partial charge in [-0.2, -0.15) is 5.10 Å². The third kappa shape index (κ3) is 3.94. The van der Waals surface area contributed by atoms with Gasteiger partial charge in [0.05, 0.1) is 5.69 Å². The summed E-state index contributed by atoms with van der Waals surface area (Å²) in [6, 6.07) is 15.7. The summed E-state index contributed by atoms with van der Waals surface area (Å²) in [6.07, 6.45) is 2.16. The van der Waals surface area contributed by atoms with Crippen molar-refractivity contribution in [1.82, 2.24) is 24.9 Å². The molecule has 1 amide bonds. The molecule has 2 aromatic heterocycles. The molecule has 1 unspecified atom stereocenters. The van der Waals surface area contributed by atoms with Crippen LogP contribution in [0.25, 0.3) is 5.82 Å². The molecular weight excluding hydrogens is 370 g/mol. The van der Waals surface area contributed by atoms with Crippen molar-refractivity contribution in [3.63, 3.8) is 0 Å². The smallest absolute Gasteiger partial charge is 0.240 e. The van der Waals surface area contributed by atoms with Crippen molar-refractivity contribution in [3.8, 4) is 5.82 Å². The number of hydrogen-bond acceptors (Lipinski definition) is 5. The van der Waals surface area contributed by atoms with E-state index < -0.39 is 0 Å². The van der Waals surface area contributed by atoms with Crippen LogP contribution in [0.15, 0.2) is 53.6 Å². The minimum absolute atomic E-state index is 0.151. The van der Waals surface area contributed by atoms with Gasteiger partial charge in [0.15, 0.2) is 5.82 Å². The van der Waals surface area contributed by atoms with Crippen molar-refractivity contribution < 1.29 is 4.79 Å². The molecule has 28 heavy (non-hydrogen) atoms. The molecule has 7 heteroatoms. The van der Waals surface area contributed by atoms with Crippen LogP contribution in [0.2, 0.25) is 0 Å². The van der Waals surface area contributed by atoms with E-state index in [1.807, 2.05) is 67.3 Å². The van der Waals surface area contributed by atoms with Gasteiger partial charge in [0.25, 0.3) is 0 Å². The molecule has 1 aliphatic rings. The van der Waals surface area contributed by atoms with Crippen LogP contribution < -0.4 is 0 Å². The fraction of sp³-hybridized carbons (Fsp3) is 0.333. The Morgan fingerprint density at radius 2 is 1.79 bits per heavy atom. The first-order chi connectivity index (χ1) is 13.6. The summed E-state index contributed by atoms with van der Waals surface area (Å²) in [6.45, 7) is 5.62. The molecule has 1 atom stereocenters. The van der Waals surface area contributed by atoms with E-state index in [4.69, 9.17) is 0 Å². The van der Waals surface area contributed by atoms with Crippen molar-refractivity contribution in [2.45, 2.75) is 37.0 Å². The van der Waals surface area contributed by atoms with E-state index >= 15 is 0 Å². The number of aromatic nitrogens is 4. The third-order valence-electron chi connectivity index (χ3n) is 4.84. The molecule has 0 N–H and O–H groups in total. The Bertz CT molecular complexity index is 949. The van der Waals surface area contributed by atoms with E-state index in [1.54, 1.807) is 4.68 Å². The number of rotatable bonds is 5. The van der Waals surface area contributed by atoms with Crippen LogP contribution in [-0.2, 0) is 4.79 Å². The van der Waals surface area contributed by atoms with E-state index in [9.17, 15) is 4.79 Å². The summed E-state index contributed by atoms with van der Waals surface area (Å²) < 4.78 is 1.78. The topological polar surface area (TPSA) is 63.9 Å². The Morgan fingerprint density at radius 3 is 2.39 bits per heavy atom. The lowest BCUT2D eigenvalue weighted by Gasteiger charge is -2.22. The summed E-state index contributed by atoms with van der Waals surface area (Å²) in [5, 5.41) is 13.6. The van der Waals surface area contributed by atoms with Gasteiger partial charge in [-0.15, -0.1) is 10.2 Å². The lowest BCUT2D eigenvalue weighted by molar-refractivity contribution is -0.129. The first-order valence-corrected chi connectivity index (χ1v) is 10.4. The highest BCUT2D eigenvalue weighted by Gasteiger charge is 2.29. The zero-order chi connectivity index (χ0) is 19.5.